The van der Waals surface area contributed by atoms with Crippen LogP contribution in [0.3, 0.4) is 0 Å². The van der Waals surface area contributed by atoms with E-state index in [9.17, 15) is 4.39 Å². The van der Waals surface area contributed by atoms with Crippen LogP contribution < -0.4 is 5.32 Å². The molecule has 1 aliphatic rings. The van der Waals surface area contributed by atoms with Crippen molar-refractivity contribution in [2.45, 2.75) is 24.0 Å². The topological polar surface area (TPSA) is 12.0 Å². The number of rotatable bonds is 1. The summed E-state index contributed by atoms with van der Waals surface area (Å²) in [6.45, 7) is 3.19. The molecule has 1 aromatic rings. The minimum Gasteiger partial charge on any atom is -0.302 e. The Morgan fingerprint density at radius 3 is 3.00 bits per heavy atom. The zero-order chi connectivity index (χ0) is 10.8. The maximum atomic E-state index is 13.3. The Labute approximate surface area is 98.4 Å². The Balaban J connectivity index is 2.18. The molecule has 15 heavy (non-hydrogen) atoms. The van der Waals surface area contributed by atoms with Gasteiger partial charge in [0.15, 0.2) is 0 Å². The van der Waals surface area contributed by atoms with Crippen LogP contribution in [-0.2, 0) is 0 Å². The molecule has 2 unspecified atom stereocenters. The highest BCUT2D eigenvalue weighted by molar-refractivity contribution is 8.00. The lowest BCUT2D eigenvalue weighted by molar-refractivity contribution is 0.594. The number of benzene rings is 1. The molecule has 0 aliphatic carbocycles. The number of hydrogen-bond acceptors (Lipinski definition) is 2. The summed E-state index contributed by atoms with van der Waals surface area (Å²) < 4.78 is 13.3. The van der Waals surface area contributed by atoms with E-state index in [-0.39, 0.29) is 16.2 Å². The molecule has 1 fully saturated rings. The van der Waals surface area contributed by atoms with Crippen LogP contribution >= 0.6 is 23.4 Å². The molecule has 2 atom stereocenters. The number of nitrogens with one attached hydrogen (secondary N) is 1. The van der Waals surface area contributed by atoms with Crippen LogP contribution in [0.4, 0.5) is 4.39 Å². The lowest BCUT2D eigenvalue weighted by Crippen LogP contribution is -2.28. The van der Waals surface area contributed by atoms with Crippen LogP contribution in [0.1, 0.15) is 24.3 Å². The van der Waals surface area contributed by atoms with Gasteiger partial charge in [0.2, 0.25) is 0 Å². The second kappa shape index (κ2) is 4.73. The molecule has 0 aromatic heterocycles. The molecule has 0 amide bonds. The highest BCUT2D eigenvalue weighted by Crippen LogP contribution is 2.35. The van der Waals surface area contributed by atoms with Gasteiger partial charge in [-0.25, -0.2) is 4.39 Å². The molecule has 1 saturated heterocycles. The van der Waals surface area contributed by atoms with Crippen LogP contribution in [0.15, 0.2) is 18.2 Å². The van der Waals surface area contributed by atoms with E-state index in [2.05, 4.69) is 12.2 Å². The van der Waals surface area contributed by atoms with E-state index in [0.29, 0.717) is 5.25 Å². The summed E-state index contributed by atoms with van der Waals surface area (Å²) in [6.07, 6.45) is 1.16. The van der Waals surface area contributed by atoms with Crippen molar-refractivity contribution in [2.75, 3.05) is 6.54 Å². The first-order valence-electron chi connectivity index (χ1n) is 5.00. The van der Waals surface area contributed by atoms with Gasteiger partial charge in [0.25, 0.3) is 0 Å². The minimum atomic E-state index is -0.338. The van der Waals surface area contributed by atoms with Crippen molar-refractivity contribution in [3.8, 4) is 0 Å². The summed E-state index contributed by atoms with van der Waals surface area (Å²) in [5, 5.41) is 4.37. The Hall–Kier alpha value is -0.250. The molecule has 1 heterocycles. The average molecular weight is 246 g/mol. The first-order valence-corrected chi connectivity index (χ1v) is 6.32. The molecule has 2 rings (SSSR count). The molecule has 0 bridgehead atoms. The Kier molecular flexibility index (Phi) is 3.54. The van der Waals surface area contributed by atoms with Gasteiger partial charge < -0.3 is 5.32 Å². The van der Waals surface area contributed by atoms with Crippen molar-refractivity contribution in [1.29, 1.82) is 0 Å². The fourth-order valence-corrected chi connectivity index (χ4v) is 2.99. The predicted octanol–water partition coefficient (Wildman–Crippen LogP) is 3.59. The molecule has 0 spiro atoms. The molecule has 1 N–H and O–H groups in total. The van der Waals surface area contributed by atoms with Crippen molar-refractivity contribution < 1.29 is 4.39 Å². The van der Waals surface area contributed by atoms with Gasteiger partial charge in [0.1, 0.15) is 5.82 Å². The van der Waals surface area contributed by atoms with Crippen molar-refractivity contribution in [2.24, 2.45) is 0 Å². The van der Waals surface area contributed by atoms with Gasteiger partial charge in [0.05, 0.1) is 10.4 Å². The summed E-state index contributed by atoms with van der Waals surface area (Å²) in [6, 6.07) is 5.02. The maximum absolute atomic E-state index is 13.3. The zero-order valence-electron chi connectivity index (χ0n) is 8.47. The van der Waals surface area contributed by atoms with E-state index in [4.69, 9.17) is 11.6 Å². The van der Waals surface area contributed by atoms with E-state index < -0.39 is 0 Å². The third-order valence-electron chi connectivity index (χ3n) is 2.50. The number of hydrogen-bond donors (Lipinski definition) is 1. The second-order valence-corrected chi connectivity index (χ2v) is 5.70. The van der Waals surface area contributed by atoms with Crippen molar-refractivity contribution in [3.05, 3.63) is 34.6 Å². The van der Waals surface area contributed by atoms with Gasteiger partial charge in [0, 0.05) is 5.25 Å². The van der Waals surface area contributed by atoms with Gasteiger partial charge >= 0.3 is 0 Å². The van der Waals surface area contributed by atoms with E-state index in [1.807, 2.05) is 17.8 Å². The lowest BCUT2D eigenvalue weighted by Gasteiger charge is -2.28. The Morgan fingerprint density at radius 1 is 1.53 bits per heavy atom. The molecule has 1 aliphatic heterocycles. The fourth-order valence-electron chi connectivity index (χ4n) is 1.64. The molecule has 1 aromatic carbocycles. The molecule has 1 nitrogen and oxygen atoms in total. The van der Waals surface area contributed by atoms with Gasteiger partial charge in [-0.1, -0.05) is 24.6 Å². The monoisotopic (exact) mass is 245 g/mol. The number of thioether (sulfide) groups is 1. The first-order chi connectivity index (χ1) is 7.16. The third-order valence-corrected chi connectivity index (χ3v) is 4.21. The smallest absolute Gasteiger partial charge is 0.142 e. The second-order valence-electron chi connectivity index (χ2n) is 3.74. The summed E-state index contributed by atoms with van der Waals surface area (Å²) in [7, 11) is 0. The largest absolute Gasteiger partial charge is 0.302 e. The van der Waals surface area contributed by atoms with Crippen LogP contribution in [0.25, 0.3) is 0 Å². The average Bonchev–Trinajstić information content (AvgIpc) is 2.22. The normalized spacial score (nSPS) is 26.6. The predicted molar refractivity (Wildman–Crippen MR) is 63.8 cm³/mol. The molecule has 0 saturated carbocycles. The molecule has 0 radical (unpaired) electrons. The van der Waals surface area contributed by atoms with Crippen LogP contribution in [0.2, 0.25) is 5.02 Å². The minimum absolute atomic E-state index is 0.188. The van der Waals surface area contributed by atoms with E-state index >= 15 is 0 Å². The highest BCUT2D eigenvalue weighted by Gasteiger charge is 2.20. The first kappa shape index (κ1) is 11.2. The van der Waals surface area contributed by atoms with Crippen molar-refractivity contribution in [1.82, 2.24) is 5.32 Å². The Morgan fingerprint density at radius 2 is 2.33 bits per heavy atom. The van der Waals surface area contributed by atoms with E-state index in [0.717, 1.165) is 18.5 Å². The van der Waals surface area contributed by atoms with Crippen LogP contribution in [-0.4, -0.2) is 11.8 Å². The number of halogens is 2. The molecule has 82 valence electrons. The summed E-state index contributed by atoms with van der Waals surface area (Å²) in [4.78, 5) is 0. The van der Waals surface area contributed by atoms with Gasteiger partial charge in [-0.15, -0.1) is 11.8 Å². The lowest BCUT2D eigenvalue weighted by atomic mass is 10.2. The molecular formula is C11H13ClFNS. The fraction of sp³-hybridized carbons (Fsp3) is 0.455. The molecule has 4 heteroatoms. The van der Waals surface area contributed by atoms with E-state index in [1.165, 1.54) is 6.07 Å². The maximum Gasteiger partial charge on any atom is 0.142 e. The third kappa shape index (κ3) is 2.65. The zero-order valence-corrected chi connectivity index (χ0v) is 10.0. The quantitative estimate of drug-likeness (QED) is 0.812. The van der Waals surface area contributed by atoms with E-state index in [1.54, 1.807) is 6.07 Å². The van der Waals surface area contributed by atoms with Crippen molar-refractivity contribution in [3.63, 3.8) is 0 Å². The van der Waals surface area contributed by atoms with Crippen LogP contribution in [0, 0.1) is 5.82 Å². The van der Waals surface area contributed by atoms with Gasteiger partial charge in [-0.05, 0) is 30.7 Å². The highest BCUT2D eigenvalue weighted by atomic mass is 35.5. The van der Waals surface area contributed by atoms with Crippen LogP contribution in [0.5, 0.6) is 0 Å². The van der Waals surface area contributed by atoms with Gasteiger partial charge in [-0.3, -0.25) is 0 Å². The van der Waals surface area contributed by atoms with Gasteiger partial charge in [-0.2, -0.15) is 0 Å². The summed E-state index contributed by atoms with van der Waals surface area (Å²) in [5.74, 6) is -0.338. The molecular weight excluding hydrogens is 233 g/mol. The van der Waals surface area contributed by atoms with Crippen molar-refractivity contribution >= 4 is 23.4 Å². The summed E-state index contributed by atoms with van der Waals surface area (Å²) >= 11 is 7.48. The summed E-state index contributed by atoms with van der Waals surface area (Å²) in [5.41, 5.74) is 0.966. The Bertz CT molecular complexity index is 358. The standard InChI is InChI=1S/C11H13ClFNS/c1-7-4-5-14-11(15-7)8-2-3-9(12)10(13)6-8/h2-3,6-7,11,14H,4-5H2,1H3. The SMILES string of the molecule is CC1CCNC(c2ccc(Cl)c(F)c2)S1.